The zero-order chi connectivity index (χ0) is 19.4. The summed E-state index contributed by atoms with van der Waals surface area (Å²) in [6.45, 7) is 4.46. The number of rotatable bonds is 6. The summed E-state index contributed by atoms with van der Waals surface area (Å²) in [4.78, 5) is 12.0. The van der Waals surface area contributed by atoms with E-state index < -0.39 is 22.1 Å². The summed E-state index contributed by atoms with van der Waals surface area (Å²) in [5, 5.41) is 2.70. The molecule has 0 spiro atoms. The van der Waals surface area contributed by atoms with E-state index in [-0.39, 0.29) is 10.8 Å². The van der Waals surface area contributed by atoms with E-state index in [1.54, 1.807) is 0 Å². The van der Waals surface area contributed by atoms with Crippen LogP contribution in [0.1, 0.15) is 6.92 Å². The molecule has 1 aliphatic rings. The number of nitrogens with one attached hydrogen (secondary N) is 2. The van der Waals surface area contributed by atoms with Gasteiger partial charge in [-0.1, -0.05) is 0 Å². The molecular formula is C15H21F3N3O4S+. The van der Waals surface area contributed by atoms with Crippen LogP contribution in [-0.4, -0.2) is 64.3 Å². The topological polar surface area (TPSA) is 80.2 Å². The van der Waals surface area contributed by atoms with Crippen LogP contribution in [0.2, 0.25) is 0 Å². The van der Waals surface area contributed by atoms with Gasteiger partial charge in [0.15, 0.2) is 0 Å². The Morgan fingerprint density at radius 2 is 1.81 bits per heavy atom. The number of hydrogen-bond donors (Lipinski definition) is 2. The lowest BCUT2D eigenvalue weighted by Crippen LogP contribution is -3.15. The molecule has 1 saturated heterocycles. The van der Waals surface area contributed by atoms with Gasteiger partial charge in [0.1, 0.15) is 5.75 Å². The fraction of sp³-hybridized carbons (Fsp3) is 0.533. The standard InChI is InChI=1S/C15H20F3N3O4S/c1-12(22)19-6-7-20-8-10-21(11-9-20)26(23,24)14-4-2-13(3-5-14)25-15(16,17)18/h2-5H,6-11H2,1H3,(H,19,22)/p+1. The maximum atomic E-state index is 12.6. The Labute approximate surface area is 149 Å². The van der Waals surface area contributed by atoms with Crippen LogP contribution in [0.4, 0.5) is 13.2 Å². The van der Waals surface area contributed by atoms with Gasteiger partial charge in [-0.25, -0.2) is 8.42 Å². The molecule has 0 aromatic heterocycles. The number of ether oxygens (including phenoxy) is 1. The molecule has 0 unspecified atom stereocenters. The second-order valence-electron chi connectivity index (χ2n) is 5.91. The highest BCUT2D eigenvalue weighted by Crippen LogP contribution is 2.25. The second kappa shape index (κ2) is 8.23. The summed E-state index contributed by atoms with van der Waals surface area (Å²) in [5.41, 5.74) is 0. The first-order chi connectivity index (χ1) is 12.1. The monoisotopic (exact) mass is 396 g/mol. The maximum Gasteiger partial charge on any atom is 0.573 e. The number of piperazine rings is 1. The predicted molar refractivity (Wildman–Crippen MR) is 86.1 cm³/mol. The Hall–Kier alpha value is -1.85. The van der Waals surface area contributed by atoms with E-state index in [0.717, 1.165) is 24.3 Å². The van der Waals surface area contributed by atoms with Gasteiger partial charge in [0, 0.05) is 6.92 Å². The summed E-state index contributed by atoms with van der Waals surface area (Å²) in [6, 6.07) is 4.17. The number of amides is 1. The number of benzene rings is 1. The highest BCUT2D eigenvalue weighted by molar-refractivity contribution is 7.89. The van der Waals surface area contributed by atoms with E-state index in [4.69, 9.17) is 0 Å². The Morgan fingerprint density at radius 1 is 1.23 bits per heavy atom. The molecule has 0 aliphatic carbocycles. The number of carbonyl (C=O) groups is 1. The minimum atomic E-state index is -4.82. The van der Waals surface area contributed by atoms with Crippen LogP contribution < -0.4 is 15.0 Å². The summed E-state index contributed by atoms with van der Waals surface area (Å²) < 4.78 is 66.7. The second-order valence-corrected chi connectivity index (χ2v) is 7.84. The molecule has 1 fully saturated rings. The van der Waals surface area contributed by atoms with Crippen molar-refractivity contribution in [3.8, 4) is 5.75 Å². The van der Waals surface area contributed by atoms with Crippen molar-refractivity contribution in [2.75, 3.05) is 39.3 Å². The van der Waals surface area contributed by atoms with Crippen molar-refractivity contribution < 1.29 is 36.0 Å². The minimum Gasteiger partial charge on any atom is -0.406 e. The highest BCUT2D eigenvalue weighted by atomic mass is 32.2. The fourth-order valence-corrected chi connectivity index (χ4v) is 4.11. The molecule has 26 heavy (non-hydrogen) atoms. The van der Waals surface area contributed by atoms with Gasteiger partial charge in [-0.15, -0.1) is 13.2 Å². The van der Waals surface area contributed by atoms with Gasteiger partial charge in [-0.2, -0.15) is 4.31 Å². The van der Waals surface area contributed by atoms with E-state index in [1.165, 1.54) is 16.1 Å². The molecule has 0 bridgehead atoms. The van der Waals surface area contributed by atoms with Gasteiger partial charge in [-0.05, 0) is 24.3 Å². The number of sulfonamides is 1. The number of alkyl halides is 3. The van der Waals surface area contributed by atoms with Crippen molar-refractivity contribution in [2.45, 2.75) is 18.2 Å². The average Bonchev–Trinajstić information content (AvgIpc) is 2.54. The lowest BCUT2D eigenvalue weighted by Gasteiger charge is -2.31. The highest BCUT2D eigenvalue weighted by Gasteiger charge is 2.32. The van der Waals surface area contributed by atoms with Crippen LogP contribution in [-0.2, 0) is 14.8 Å². The van der Waals surface area contributed by atoms with E-state index in [0.29, 0.717) is 39.3 Å². The van der Waals surface area contributed by atoms with Crippen molar-refractivity contribution in [2.24, 2.45) is 0 Å². The molecule has 0 saturated carbocycles. The molecule has 1 aromatic rings. The van der Waals surface area contributed by atoms with Gasteiger partial charge < -0.3 is 15.0 Å². The Balaban J connectivity index is 1.93. The summed E-state index contributed by atoms with van der Waals surface area (Å²) in [6.07, 6.45) is -4.82. The number of quaternary nitrogens is 1. The van der Waals surface area contributed by atoms with E-state index >= 15 is 0 Å². The van der Waals surface area contributed by atoms with Gasteiger partial charge in [0.2, 0.25) is 15.9 Å². The molecule has 1 aliphatic heterocycles. The van der Waals surface area contributed by atoms with Gasteiger partial charge >= 0.3 is 6.36 Å². The third-order valence-corrected chi connectivity index (χ3v) is 5.89. The summed E-state index contributed by atoms with van der Waals surface area (Å²) in [5.74, 6) is -0.577. The molecule has 11 heteroatoms. The molecule has 1 heterocycles. The maximum absolute atomic E-state index is 12.6. The molecule has 1 aromatic carbocycles. The summed E-state index contributed by atoms with van der Waals surface area (Å²) in [7, 11) is -3.77. The quantitative estimate of drug-likeness (QED) is 0.687. The number of halogens is 3. The van der Waals surface area contributed by atoms with Crippen molar-refractivity contribution >= 4 is 15.9 Å². The minimum absolute atomic E-state index is 0.0753. The number of hydrogen-bond acceptors (Lipinski definition) is 4. The predicted octanol–water partition coefficient (Wildman–Crippen LogP) is -0.389. The molecule has 1 amide bonds. The van der Waals surface area contributed by atoms with Crippen LogP contribution in [0.5, 0.6) is 5.75 Å². The van der Waals surface area contributed by atoms with Crippen molar-refractivity contribution in [3.63, 3.8) is 0 Å². The van der Waals surface area contributed by atoms with E-state index in [2.05, 4.69) is 10.1 Å². The Kier molecular flexibility index (Phi) is 6.48. The van der Waals surface area contributed by atoms with Gasteiger partial charge in [-0.3, -0.25) is 4.79 Å². The lowest BCUT2D eigenvalue weighted by molar-refractivity contribution is -0.902. The first-order valence-corrected chi connectivity index (χ1v) is 9.46. The number of carbonyl (C=O) groups excluding carboxylic acids is 1. The van der Waals surface area contributed by atoms with Crippen molar-refractivity contribution in [1.29, 1.82) is 0 Å². The van der Waals surface area contributed by atoms with Crippen LogP contribution in [0.25, 0.3) is 0 Å². The molecule has 0 atom stereocenters. The molecule has 2 N–H and O–H groups in total. The number of nitrogens with zero attached hydrogens (tertiary/aromatic N) is 1. The van der Waals surface area contributed by atoms with Gasteiger partial charge in [0.25, 0.3) is 0 Å². The van der Waals surface area contributed by atoms with Crippen LogP contribution >= 0.6 is 0 Å². The summed E-state index contributed by atoms with van der Waals surface area (Å²) >= 11 is 0. The molecule has 2 rings (SSSR count). The van der Waals surface area contributed by atoms with Crippen LogP contribution in [0, 0.1) is 0 Å². The zero-order valence-corrected chi connectivity index (χ0v) is 15.0. The fourth-order valence-electron chi connectivity index (χ4n) is 2.67. The zero-order valence-electron chi connectivity index (χ0n) is 14.2. The molecule has 146 valence electrons. The first-order valence-electron chi connectivity index (χ1n) is 8.02. The van der Waals surface area contributed by atoms with Crippen LogP contribution in [0.3, 0.4) is 0 Å². The third kappa shape index (κ3) is 5.85. The van der Waals surface area contributed by atoms with Crippen LogP contribution in [0.15, 0.2) is 29.2 Å². The SMILES string of the molecule is CC(=O)NCC[NH+]1CCN(S(=O)(=O)c2ccc(OC(F)(F)F)cc2)CC1. The third-order valence-electron chi connectivity index (χ3n) is 3.98. The van der Waals surface area contributed by atoms with Crippen molar-refractivity contribution in [1.82, 2.24) is 9.62 Å². The van der Waals surface area contributed by atoms with Crippen molar-refractivity contribution in [3.05, 3.63) is 24.3 Å². The van der Waals surface area contributed by atoms with E-state index in [9.17, 15) is 26.4 Å². The smallest absolute Gasteiger partial charge is 0.406 e. The van der Waals surface area contributed by atoms with Gasteiger partial charge in [0.05, 0.1) is 44.2 Å². The molecule has 0 radical (unpaired) electrons. The Bertz CT molecular complexity index is 715. The van der Waals surface area contributed by atoms with E-state index in [1.807, 2.05) is 0 Å². The first kappa shape index (κ1) is 20.5. The molecular weight excluding hydrogens is 375 g/mol. The average molecular weight is 396 g/mol. The largest absolute Gasteiger partial charge is 0.573 e. The lowest BCUT2D eigenvalue weighted by atomic mass is 10.3. The normalized spacial score (nSPS) is 17.1. The molecule has 7 nitrogen and oxygen atoms in total. The Morgan fingerprint density at radius 3 is 2.31 bits per heavy atom.